The van der Waals surface area contributed by atoms with Gasteiger partial charge in [0.1, 0.15) is 0 Å². The first kappa shape index (κ1) is 19.7. The zero-order valence-electron chi connectivity index (χ0n) is 14.2. The molecule has 0 radical (unpaired) electrons. The van der Waals surface area contributed by atoms with Crippen LogP contribution in [0.3, 0.4) is 0 Å². The highest BCUT2D eigenvalue weighted by molar-refractivity contribution is 8.03. The lowest BCUT2D eigenvalue weighted by Crippen LogP contribution is -2.51. The molecule has 19 heavy (non-hydrogen) atoms. The minimum atomic E-state index is -1.57. The van der Waals surface area contributed by atoms with E-state index in [0.29, 0.717) is 9.75 Å². The fraction of sp³-hybridized carbons (Fsp3) is 1.00. The fourth-order valence-corrected chi connectivity index (χ4v) is 15.0. The second-order valence-electron chi connectivity index (χ2n) is 5.37. The van der Waals surface area contributed by atoms with Crippen molar-refractivity contribution in [2.45, 2.75) is 75.5 Å². The van der Waals surface area contributed by atoms with Crippen molar-refractivity contribution in [2.24, 2.45) is 0 Å². The third-order valence-electron chi connectivity index (χ3n) is 5.10. The van der Waals surface area contributed by atoms with Crippen molar-refractivity contribution < 1.29 is 8.85 Å². The Morgan fingerprint density at radius 1 is 0.737 bits per heavy atom. The van der Waals surface area contributed by atoms with Crippen LogP contribution in [0.2, 0.25) is 24.2 Å². The van der Waals surface area contributed by atoms with Crippen LogP contribution in [0, 0.1) is 0 Å². The normalized spacial score (nSPS) is 16.4. The first-order chi connectivity index (χ1) is 8.91. The van der Waals surface area contributed by atoms with E-state index in [1.165, 1.54) is 24.2 Å². The van der Waals surface area contributed by atoms with Gasteiger partial charge in [-0.25, -0.2) is 0 Å². The molecule has 0 spiro atoms. The van der Waals surface area contributed by atoms with Crippen molar-refractivity contribution >= 4 is 28.4 Å². The second-order valence-corrected chi connectivity index (χ2v) is 17.5. The Morgan fingerprint density at radius 2 is 1.00 bits per heavy atom. The third kappa shape index (κ3) is 4.33. The highest BCUT2D eigenvalue weighted by Gasteiger charge is 2.43. The molecule has 0 aromatic heterocycles. The Balaban J connectivity index is 4.92. The average molecular weight is 323 g/mol. The summed E-state index contributed by atoms with van der Waals surface area (Å²) in [4.78, 5) is 1.28. The maximum absolute atomic E-state index is 6.01. The molecule has 0 aliphatic heterocycles. The molecule has 0 saturated heterocycles. The molecule has 5 heteroatoms. The maximum Gasteiger partial charge on any atom is 0.204 e. The number of hydrogen-bond donors (Lipinski definition) is 0. The molecule has 0 rings (SSSR count). The molecule has 0 saturated carbocycles. The smallest absolute Gasteiger partial charge is 0.204 e. The monoisotopic (exact) mass is 322 g/mol. The lowest BCUT2D eigenvalue weighted by Gasteiger charge is -2.39. The maximum atomic E-state index is 6.01. The lowest BCUT2D eigenvalue weighted by molar-refractivity contribution is 0.389. The van der Waals surface area contributed by atoms with Crippen molar-refractivity contribution in [3.8, 4) is 0 Å². The SMILES string of the molecule is CC[Si](CC)(OC)C(C)SC(C)[Si](CC)(CC)OC. The van der Waals surface area contributed by atoms with Crippen LogP contribution in [0.25, 0.3) is 0 Å². The largest absolute Gasteiger partial charge is 0.419 e. The molecule has 2 unspecified atom stereocenters. The van der Waals surface area contributed by atoms with Crippen LogP contribution in [0.15, 0.2) is 0 Å². The first-order valence-corrected chi connectivity index (χ1v) is 13.4. The summed E-state index contributed by atoms with van der Waals surface area (Å²) in [5.74, 6) is 0. The van der Waals surface area contributed by atoms with Gasteiger partial charge in [-0.1, -0.05) is 41.5 Å². The van der Waals surface area contributed by atoms with Crippen LogP contribution in [0.4, 0.5) is 0 Å². The van der Waals surface area contributed by atoms with Crippen molar-refractivity contribution in [3.05, 3.63) is 0 Å². The quantitative estimate of drug-likeness (QED) is 0.536. The predicted molar refractivity (Wildman–Crippen MR) is 94.0 cm³/mol. The fourth-order valence-electron chi connectivity index (χ4n) is 3.11. The molecular formula is C14H34O2SSi2. The molecule has 2 nitrogen and oxygen atoms in total. The van der Waals surface area contributed by atoms with Crippen molar-refractivity contribution in [3.63, 3.8) is 0 Å². The Labute approximate surface area is 127 Å². The molecular weight excluding hydrogens is 288 g/mol. The van der Waals surface area contributed by atoms with Gasteiger partial charge in [-0.2, -0.15) is 11.8 Å². The van der Waals surface area contributed by atoms with E-state index in [1.807, 2.05) is 14.2 Å². The summed E-state index contributed by atoms with van der Waals surface area (Å²) < 4.78 is 12.0. The highest BCUT2D eigenvalue weighted by Crippen LogP contribution is 2.37. The molecule has 0 aromatic carbocycles. The predicted octanol–water partition coefficient (Wildman–Crippen LogP) is 4.84. The van der Waals surface area contributed by atoms with E-state index < -0.39 is 16.6 Å². The number of thioether (sulfide) groups is 1. The summed E-state index contributed by atoms with van der Waals surface area (Å²) in [5, 5.41) is 0. The molecule has 0 aromatic rings. The average Bonchev–Trinajstić information content (AvgIpc) is 2.44. The van der Waals surface area contributed by atoms with Crippen LogP contribution in [-0.4, -0.2) is 40.6 Å². The zero-order valence-corrected chi connectivity index (χ0v) is 17.0. The van der Waals surface area contributed by atoms with Gasteiger partial charge in [-0.15, -0.1) is 0 Å². The summed E-state index contributed by atoms with van der Waals surface area (Å²) in [6.07, 6.45) is 0. The van der Waals surface area contributed by atoms with Gasteiger partial charge in [0.15, 0.2) is 0 Å². The molecule has 116 valence electrons. The van der Waals surface area contributed by atoms with Gasteiger partial charge in [0.2, 0.25) is 16.6 Å². The highest BCUT2D eigenvalue weighted by atomic mass is 32.2. The summed E-state index contributed by atoms with van der Waals surface area (Å²) in [5.41, 5.74) is 0. The van der Waals surface area contributed by atoms with Gasteiger partial charge in [-0.05, 0) is 24.2 Å². The van der Waals surface area contributed by atoms with Gasteiger partial charge in [0.05, 0.1) is 0 Å². The molecule has 0 N–H and O–H groups in total. The van der Waals surface area contributed by atoms with Crippen LogP contribution >= 0.6 is 11.8 Å². The first-order valence-electron chi connectivity index (χ1n) is 7.67. The lowest BCUT2D eigenvalue weighted by atomic mass is 10.9. The van der Waals surface area contributed by atoms with Gasteiger partial charge < -0.3 is 8.85 Å². The van der Waals surface area contributed by atoms with Gasteiger partial charge in [0, 0.05) is 24.0 Å². The molecule has 2 atom stereocenters. The minimum Gasteiger partial charge on any atom is -0.419 e. The second kappa shape index (κ2) is 8.87. The summed E-state index contributed by atoms with van der Waals surface area (Å²) in [6, 6.07) is 4.84. The van der Waals surface area contributed by atoms with E-state index in [9.17, 15) is 0 Å². The minimum absolute atomic E-state index is 0.641. The molecule has 0 aliphatic carbocycles. The van der Waals surface area contributed by atoms with E-state index in [0.717, 1.165) is 0 Å². The summed E-state index contributed by atoms with van der Waals surface area (Å²) in [7, 11) is 0.694. The van der Waals surface area contributed by atoms with Crippen LogP contribution in [0.1, 0.15) is 41.5 Å². The van der Waals surface area contributed by atoms with E-state index in [2.05, 4.69) is 53.3 Å². The Morgan fingerprint density at radius 3 is 1.16 bits per heavy atom. The summed E-state index contributed by atoms with van der Waals surface area (Å²) in [6.45, 7) is 13.9. The van der Waals surface area contributed by atoms with Gasteiger partial charge >= 0.3 is 0 Å². The Hall–Kier alpha value is 0.704. The molecule has 0 bridgehead atoms. The van der Waals surface area contributed by atoms with Crippen LogP contribution in [0.5, 0.6) is 0 Å². The van der Waals surface area contributed by atoms with Crippen LogP contribution in [-0.2, 0) is 8.85 Å². The van der Waals surface area contributed by atoms with E-state index in [-0.39, 0.29) is 0 Å². The van der Waals surface area contributed by atoms with Gasteiger partial charge in [-0.3, -0.25) is 0 Å². The summed E-state index contributed by atoms with van der Waals surface area (Å²) >= 11 is 2.13. The van der Waals surface area contributed by atoms with Crippen molar-refractivity contribution in [2.75, 3.05) is 14.2 Å². The van der Waals surface area contributed by atoms with Gasteiger partial charge in [0.25, 0.3) is 0 Å². The molecule has 0 heterocycles. The Bertz CT molecular complexity index is 203. The van der Waals surface area contributed by atoms with E-state index in [4.69, 9.17) is 8.85 Å². The van der Waals surface area contributed by atoms with E-state index in [1.54, 1.807) is 0 Å². The Kier molecular flexibility index (Phi) is 9.20. The topological polar surface area (TPSA) is 18.5 Å². The van der Waals surface area contributed by atoms with Crippen LogP contribution < -0.4 is 0 Å². The zero-order chi connectivity index (χ0) is 15.1. The third-order valence-corrected chi connectivity index (χ3v) is 18.7. The number of rotatable bonds is 10. The molecule has 0 amide bonds. The molecule has 0 aliphatic rings. The van der Waals surface area contributed by atoms with Crippen molar-refractivity contribution in [1.29, 1.82) is 0 Å². The van der Waals surface area contributed by atoms with Crippen molar-refractivity contribution in [1.82, 2.24) is 0 Å². The standard InChI is InChI=1S/C14H34O2SSi2/c1-9-18(10-2,15-7)13(5)17-14(6)19(11-3,12-4)16-8/h13-14H,9-12H2,1-8H3. The number of hydrogen-bond acceptors (Lipinski definition) is 3. The van der Waals surface area contributed by atoms with E-state index >= 15 is 0 Å². The molecule has 0 fully saturated rings.